The average Bonchev–Trinajstić information content (AvgIpc) is 3.68. The Morgan fingerprint density at radius 2 is 1.98 bits per heavy atom. The van der Waals surface area contributed by atoms with E-state index in [4.69, 9.17) is 14.2 Å². The molecule has 0 bridgehead atoms. The number of nitrogens with zero attached hydrogens (tertiary/aromatic N) is 2. The second-order valence-electron chi connectivity index (χ2n) is 11.6. The van der Waals surface area contributed by atoms with Gasteiger partial charge in [-0.05, 0) is 30.5 Å². The molecule has 2 aliphatic carbocycles. The number of methoxy groups -OCH3 is 1. The number of aldehydes is 1. The summed E-state index contributed by atoms with van der Waals surface area (Å²) in [6.07, 6.45) is 6.23. The number of ether oxygens (including phenoxy) is 3. The molecule has 1 saturated heterocycles. The van der Waals surface area contributed by atoms with Crippen molar-refractivity contribution >= 4 is 18.1 Å². The molecule has 0 spiro atoms. The Kier molecular flexibility index (Phi) is 10.1. The monoisotopic (exact) mass is 585 g/mol. The number of carbonyl (C=O) groups is 3. The van der Waals surface area contributed by atoms with Crippen LogP contribution < -0.4 is 14.8 Å². The summed E-state index contributed by atoms with van der Waals surface area (Å²) in [5, 5.41) is 23.9. The van der Waals surface area contributed by atoms with Crippen LogP contribution in [0.3, 0.4) is 0 Å². The maximum atomic E-state index is 13.9. The lowest BCUT2D eigenvalue weighted by Crippen LogP contribution is -2.57. The Hall–Kier alpha value is -2.99. The fourth-order valence-electron chi connectivity index (χ4n) is 6.84. The van der Waals surface area contributed by atoms with Gasteiger partial charge in [0.15, 0.2) is 11.5 Å². The summed E-state index contributed by atoms with van der Waals surface area (Å²) in [7, 11) is 1.47. The SMILES string of the molecule is COc1cc(C=O)cc2c1OC1C2C(C(=O)NCCO)=CC(N(CCN2CCOCC2)C(=O)CCC2CCCC2)C1O. The fraction of sp³-hybridized carbons (Fsp3) is 0.645. The Labute approximate surface area is 246 Å². The maximum Gasteiger partial charge on any atom is 0.247 e. The first-order valence-electron chi connectivity index (χ1n) is 15.2. The number of nitrogens with one attached hydrogen (secondary N) is 1. The molecule has 1 aromatic carbocycles. The summed E-state index contributed by atoms with van der Waals surface area (Å²) < 4.78 is 17.3. The molecule has 11 nitrogen and oxygen atoms in total. The van der Waals surface area contributed by atoms with Gasteiger partial charge in [-0.1, -0.05) is 25.7 Å². The van der Waals surface area contributed by atoms with Gasteiger partial charge in [0, 0.05) is 55.8 Å². The van der Waals surface area contributed by atoms with Crippen molar-refractivity contribution in [3.05, 3.63) is 34.9 Å². The number of hydrogen-bond donors (Lipinski definition) is 3. The van der Waals surface area contributed by atoms with Crippen molar-refractivity contribution in [1.29, 1.82) is 0 Å². The van der Waals surface area contributed by atoms with Crippen LogP contribution in [0.15, 0.2) is 23.8 Å². The lowest BCUT2D eigenvalue weighted by atomic mass is 9.77. The molecule has 0 radical (unpaired) electrons. The van der Waals surface area contributed by atoms with Gasteiger partial charge in [0.25, 0.3) is 0 Å². The molecule has 4 unspecified atom stereocenters. The third kappa shape index (κ3) is 6.49. The normalized spacial score (nSPS) is 25.6. The molecular formula is C31H43N3O8. The topological polar surface area (TPSA) is 138 Å². The van der Waals surface area contributed by atoms with Crippen molar-refractivity contribution in [2.45, 2.75) is 62.7 Å². The molecule has 11 heteroatoms. The molecule has 2 aliphatic heterocycles. The van der Waals surface area contributed by atoms with Crippen LogP contribution in [0.1, 0.15) is 60.4 Å². The van der Waals surface area contributed by atoms with Crippen LogP contribution in [0, 0.1) is 5.92 Å². The summed E-state index contributed by atoms with van der Waals surface area (Å²) in [4.78, 5) is 43.0. The third-order valence-electron chi connectivity index (χ3n) is 9.09. The molecule has 4 atom stereocenters. The van der Waals surface area contributed by atoms with Crippen LogP contribution >= 0.6 is 0 Å². The molecule has 2 amide bonds. The van der Waals surface area contributed by atoms with Gasteiger partial charge < -0.3 is 34.6 Å². The number of amides is 2. The predicted octanol–water partition coefficient (Wildman–Crippen LogP) is 1.26. The number of fused-ring (bicyclic) bond motifs is 3. The van der Waals surface area contributed by atoms with Crippen molar-refractivity contribution in [3.8, 4) is 11.5 Å². The second kappa shape index (κ2) is 14.0. The average molecular weight is 586 g/mol. The van der Waals surface area contributed by atoms with Crippen LogP contribution in [0.4, 0.5) is 0 Å². The van der Waals surface area contributed by atoms with Crippen LogP contribution in [0.25, 0.3) is 0 Å². The van der Waals surface area contributed by atoms with Crippen molar-refractivity contribution in [2.24, 2.45) is 5.92 Å². The molecule has 2 fully saturated rings. The van der Waals surface area contributed by atoms with Gasteiger partial charge in [-0.25, -0.2) is 0 Å². The van der Waals surface area contributed by atoms with Gasteiger partial charge in [-0.2, -0.15) is 0 Å². The fourth-order valence-corrected chi connectivity index (χ4v) is 6.84. The molecule has 4 aliphatic rings. The summed E-state index contributed by atoms with van der Waals surface area (Å²) in [6, 6.07) is 2.41. The molecule has 230 valence electrons. The Morgan fingerprint density at radius 3 is 2.67 bits per heavy atom. The zero-order valence-electron chi connectivity index (χ0n) is 24.3. The van der Waals surface area contributed by atoms with Crippen LogP contribution in [0.5, 0.6) is 11.5 Å². The highest BCUT2D eigenvalue weighted by Gasteiger charge is 2.51. The zero-order chi connectivity index (χ0) is 29.6. The van der Waals surface area contributed by atoms with E-state index >= 15 is 0 Å². The Morgan fingerprint density at radius 1 is 1.21 bits per heavy atom. The number of carbonyl (C=O) groups excluding carboxylic acids is 3. The maximum absolute atomic E-state index is 13.9. The lowest BCUT2D eigenvalue weighted by Gasteiger charge is -2.41. The standard InChI is InChI=1S/C31H43N3O8/c1-40-25-17-21(19-36)16-22-27-23(31(39)32-8-13-35)18-24(28(38)30(27)42-29(22)25)34(10-9-33-11-14-41-15-12-33)26(37)7-6-20-4-2-3-5-20/h16-20,24,27-28,30,35,38H,2-15H2,1H3,(H,32,39). The summed E-state index contributed by atoms with van der Waals surface area (Å²) in [5.74, 6) is 0.0761. The van der Waals surface area contributed by atoms with Crippen LogP contribution in [-0.4, -0.2) is 116 Å². The van der Waals surface area contributed by atoms with Gasteiger partial charge in [0.2, 0.25) is 11.8 Å². The Bertz CT molecular complexity index is 1160. The van der Waals surface area contributed by atoms with Crippen molar-refractivity contribution in [2.75, 3.05) is 59.7 Å². The predicted molar refractivity (Wildman–Crippen MR) is 154 cm³/mol. The van der Waals surface area contributed by atoms with Gasteiger partial charge in [0.05, 0.1) is 38.9 Å². The van der Waals surface area contributed by atoms with E-state index < -0.39 is 30.1 Å². The van der Waals surface area contributed by atoms with Crippen molar-refractivity contribution < 1.29 is 38.8 Å². The minimum Gasteiger partial charge on any atom is -0.493 e. The minimum absolute atomic E-state index is 0.0489. The summed E-state index contributed by atoms with van der Waals surface area (Å²) in [6.45, 7) is 3.62. The molecule has 1 aromatic rings. The highest BCUT2D eigenvalue weighted by atomic mass is 16.5. The van der Waals surface area contributed by atoms with E-state index in [2.05, 4.69) is 10.2 Å². The van der Waals surface area contributed by atoms with E-state index in [9.17, 15) is 24.6 Å². The van der Waals surface area contributed by atoms with E-state index in [-0.39, 0.29) is 19.1 Å². The van der Waals surface area contributed by atoms with E-state index in [1.807, 2.05) is 0 Å². The second-order valence-corrected chi connectivity index (χ2v) is 11.6. The van der Waals surface area contributed by atoms with Gasteiger partial charge in [-0.3, -0.25) is 19.3 Å². The molecule has 5 rings (SSSR count). The molecule has 3 N–H and O–H groups in total. The number of aliphatic hydroxyl groups excluding tert-OH is 2. The van der Waals surface area contributed by atoms with E-state index in [0.717, 1.165) is 32.4 Å². The number of rotatable bonds is 12. The van der Waals surface area contributed by atoms with Gasteiger partial charge >= 0.3 is 0 Å². The number of aliphatic hydroxyl groups is 2. The first-order valence-corrected chi connectivity index (χ1v) is 15.2. The zero-order valence-corrected chi connectivity index (χ0v) is 24.3. The first-order chi connectivity index (χ1) is 20.4. The highest BCUT2D eigenvalue weighted by Crippen LogP contribution is 2.51. The summed E-state index contributed by atoms with van der Waals surface area (Å²) >= 11 is 0. The largest absolute Gasteiger partial charge is 0.493 e. The van der Waals surface area contributed by atoms with Crippen LogP contribution in [-0.2, 0) is 14.3 Å². The quantitative estimate of drug-likeness (QED) is 0.310. The van der Waals surface area contributed by atoms with Crippen molar-refractivity contribution in [1.82, 2.24) is 15.1 Å². The number of hydrogen-bond acceptors (Lipinski definition) is 9. The minimum atomic E-state index is -1.14. The smallest absolute Gasteiger partial charge is 0.247 e. The third-order valence-corrected chi connectivity index (χ3v) is 9.09. The number of morpholine rings is 1. The Balaban J connectivity index is 1.48. The molecule has 0 aromatic heterocycles. The van der Waals surface area contributed by atoms with Crippen molar-refractivity contribution in [3.63, 3.8) is 0 Å². The van der Waals surface area contributed by atoms with E-state index in [1.54, 1.807) is 23.1 Å². The summed E-state index contributed by atoms with van der Waals surface area (Å²) in [5.41, 5.74) is 1.25. The van der Waals surface area contributed by atoms with E-state index in [0.29, 0.717) is 73.1 Å². The molecule has 2 heterocycles. The molecule has 1 saturated carbocycles. The van der Waals surface area contributed by atoms with E-state index in [1.165, 1.54) is 20.0 Å². The van der Waals surface area contributed by atoms with Crippen LogP contribution in [0.2, 0.25) is 0 Å². The molecule has 42 heavy (non-hydrogen) atoms. The highest BCUT2D eigenvalue weighted by molar-refractivity contribution is 5.96. The van der Waals surface area contributed by atoms with Gasteiger partial charge in [-0.15, -0.1) is 0 Å². The van der Waals surface area contributed by atoms with Gasteiger partial charge in [0.1, 0.15) is 18.5 Å². The lowest BCUT2D eigenvalue weighted by molar-refractivity contribution is -0.138. The molecular weight excluding hydrogens is 542 g/mol. The first kappa shape index (κ1) is 30.5. The number of benzene rings is 1.